The Balaban J connectivity index is 0.000000122. The lowest BCUT2D eigenvalue weighted by molar-refractivity contribution is -0.124. The van der Waals surface area contributed by atoms with E-state index in [0.717, 1.165) is 149 Å². The number of nitrogens with two attached hydrogens (primary N) is 5. The highest BCUT2D eigenvalue weighted by molar-refractivity contribution is 7.89. The van der Waals surface area contributed by atoms with E-state index >= 15 is 0 Å². The lowest BCUT2D eigenvalue weighted by Gasteiger charge is -2.39. The molecule has 0 radical (unpaired) electrons. The molecule has 6 fully saturated rings. The van der Waals surface area contributed by atoms with Crippen LogP contribution < -0.4 is 59.0 Å². The van der Waals surface area contributed by atoms with Crippen molar-refractivity contribution in [1.82, 2.24) is 106 Å². The maximum atomic E-state index is 13.3. The zero-order valence-electron chi connectivity index (χ0n) is 79.5. The summed E-state index contributed by atoms with van der Waals surface area (Å²) in [6.45, 7) is 29.0. The van der Waals surface area contributed by atoms with Crippen molar-refractivity contribution in [3.8, 4) is 18.2 Å². The van der Waals surface area contributed by atoms with Crippen LogP contribution in [0.4, 0.5) is 34.3 Å². The first-order chi connectivity index (χ1) is 67.4. The zero-order valence-corrected chi connectivity index (χ0v) is 84.4. The molecule has 21 rings (SSSR count). The highest BCUT2D eigenvalue weighted by Gasteiger charge is 2.47. The number of terminal acetylenes is 1. The van der Waals surface area contributed by atoms with Gasteiger partial charge in [-0.3, -0.25) is 38.5 Å². The van der Waals surface area contributed by atoms with Crippen molar-refractivity contribution in [2.75, 3.05) is 106 Å². The van der Waals surface area contributed by atoms with Crippen molar-refractivity contribution in [2.45, 2.75) is 125 Å². The number of hydrogen-bond donors (Lipinski definition) is 9. The van der Waals surface area contributed by atoms with E-state index in [1.165, 1.54) is 62.2 Å². The Labute approximate surface area is 831 Å². The van der Waals surface area contributed by atoms with E-state index in [4.69, 9.17) is 39.8 Å². The van der Waals surface area contributed by atoms with Gasteiger partial charge in [0.2, 0.25) is 21.8 Å². The Hall–Kier alpha value is -14.6. The van der Waals surface area contributed by atoms with Crippen molar-refractivity contribution in [3.63, 3.8) is 0 Å². The lowest BCUT2D eigenvalue weighted by atomic mass is 10.0. The number of hydrogen-bond acceptors (Lipinski definition) is 34. The van der Waals surface area contributed by atoms with Crippen LogP contribution in [0.5, 0.6) is 5.88 Å². The monoisotopic (exact) mass is 2010 g/mol. The number of pyridine rings is 3. The number of nitrogens with one attached hydrogen (secondary N) is 4. The van der Waals surface area contributed by atoms with Crippen LogP contribution in [-0.4, -0.2) is 226 Å². The second kappa shape index (κ2) is 40.3. The fourth-order valence-corrected chi connectivity index (χ4v) is 24.1. The minimum Gasteiger partial charge on any atom is -0.481 e. The number of methoxy groups -OCH3 is 1. The lowest BCUT2D eigenvalue weighted by Crippen LogP contribution is -2.61. The number of likely N-dealkylation sites (tertiary alicyclic amines) is 4. The number of sulfonamides is 1. The van der Waals surface area contributed by atoms with Gasteiger partial charge in [0.1, 0.15) is 54.4 Å². The molecule has 1 aliphatic carbocycles. The third kappa shape index (κ3) is 20.0. The summed E-state index contributed by atoms with van der Waals surface area (Å²) < 4.78 is 32.8. The Morgan fingerprint density at radius 1 is 0.461 bits per heavy atom. The largest absolute Gasteiger partial charge is 0.481 e. The Kier molecular flexibility index (Phi) is 28.1. The fourth-order valence-electron chi connectivity index (χ4n) is 17.6. The van der Waals surface area contributed by atoms with Crippen molar-refractivity contribution >= 4 is 193 Å². The van der Waals surface area contributed by atoms with Crippen LogP contribution in [0.2, 0.25) is 0 Å². The number of fused-ring (bicyclic) bond motifs is 6. The number of aromatic nitrogens is 13. The number of aryl methyl sites for hydroxylation is 12. The van der Waals surface area contributed by atoms with Gasteiger partial charge in [-0.1, -0.05) is 53.9 Å². The molecule has 141 heavy (non-hydrogen) atoms. The number of ether oxygens (including phenoxy) is 1. The molecule has 18 heterocycles. The predicted molar refractivity (Wildman–Crippen MR) is 548 cm³/mol. The normalized spacial score (nSPS) is 16.5. The van der Waals surface area contributed by atoms with Crippen molar-refractivity contribution in [3.05, 3.63) is 224 Å². The summed E-state index contributed by atoms with van der Waals surface area (Å²) in [5.41, 5.74) is 47.8. The molecule has 1 saturated carbocycles. The van der Waals surface area contributed by atoms with E-state index in [-0.39, 0.29) is 70.3 Å². The van der Waals surface area contributed by atoms with Gasteiger partial charge >= 0.3 is 0 Å². The van der Waals surface area contributed by atoms with Crippen LogP contribution in [0.15, 0.2) is 115 Å². The quantitative estimate of drug-likeness (QED) is 0.0382. The van der Waals surface area contributed by atoms with E-state index < -0.39 is 10.0 Å². The van der Waals surface area contributed by atoms with Crippen molar-refractivity contribution in [1.29, 1.82) is 0 Å². The molecule has 4 atom stereocenters. The maximum Gasteiger partial charge on any atom is 0.266 e. The minimum atomic E-state index is -3.62. The topological polar surface area (TPSA) is 525 Å². The van der Waals surface area contributed by atoms with Crippen molar-refractivity contribution < 1.29 is 46.7 Å². The number of rotatable bonds is 17. The summed E-state index contributed by atoms with van der Waals surface area (Å²) in [4.78, 5) is 117. The van der Waals surface area contributed by atoms with Gasteiger partial charge in [-0.2, -0.15) is 25.5 Å². The van der Waals surface area contributed by atoms with Crippen LogP contribution in [0, 0.1) is 113 Å². The van der Waals surface area contributed by atoms with E-state index in [0.29, 0.717) is 147 Å². The molecule has 13 aromatic heterocycles. The molecular formula is C98H103N27O10S6. The molecule has 7 amide bonds. The maximum absolute atomic E-state index is 13.3. The molecule has 726 valence electrons. The molecule has 43 heteroatoms. The second-order valence-corrected chi connectivity index (χ2v) is 42.7. The number of carbonyl (C=O) groups excluding carboxylic acids is 7. The molecule has 37 nitrogen and oxygen atoms in total. The second-order valence-electron chi connectivity index (χ2n) is 35.9. The Morgan fingerprint density at radius 3 is 1.27 bits per heavy atom. The summed E-state index contributed by atoms with van der Waals surface area (Å²) in [6.07, 6.45) is 12.9. The number of nitrogen functional groups attached to an aromatic ring is 5. The van der Waals surface area contributed by atoms with Crippen LogP contribution >= 0.6 is 56.7 Å². The van der Waals surface area contributed by atoms with Crippen LogP contribution in [0.1, 0.15) is 155 Å². The number of benzene rings is 2. The minimum absolute atomic E-state index is 0.00199. The number of amides is 7. The first-order valence-electron chi connectivity index (χ1n) is 45.3. The summed E-state index contributed by atoms with van der Waals surface area (Å²) in [7, 11) is -2.04. The van der Waals surface area contributed by atoms with E-state index in [2.05, 4.69) is 110 Å². The number of carbonyl (C=O) groups is 7. The number of thiophene rings is 5. The fraction of sp³-hybridized carbons (Fsp3) is 0.327. The van der Waals surface area contributed by atoms with E-state index in [9.17, 15) is 42.0 Å². The standard InChI is InChI=1S/C22H22N6OS.C22H23N5O2S.C19H21N5O3S2.C18H18N6O2S.C17H19N5O2S/c1-4-14-5-6-17(24-7-14)27-8-15-10-28(11-16(15)9-27)22(29)20-19(23)18-12(2)13(3)25-26-21(18)30-20;1-11-12(2)25-26-21-17(11)18(23)19(30-21)22(29)27-9-14(10-27)24-20(28)16-8-15(16)13-6-4-3-5-7-13;1-10-4-6-14(7-5-10)29(26,27)23-13-8-24(9-13)19(25)17-16(20)15-11(2)12(3)21-22-18(15)28-17;1-9-10(2)22-23-17-13(9)14(19)15(27-17)18(26)24-7-12(8-24)21-16(25)11-3-5-20-6-4-11;1-8-5-11(7-20-16(8)24-4)6-19-15(23)14-13(18)12-9(2)10(3)21-22-17(12)25-14/h1,5-7,15-16H,8-11,23H2,2-3H3;3-7,14-16H,8-10,23H2,1-2H3,(H,24,28);4-7,13,23H,8-9,20H2,1-3H3;3-6,12H,7-8,19H2,1-2H3,(H,21,25);5,7H,6,18H2,1-4H3,(H,19,23). The van der Waals surface area contributed by atoms with Gasteiger partial charge in [0.15, 0.2) is 0 Å². The van der Waals surface area contributed by atoms with Crippen LogP contribution in [0.3, 0.4) is 0 Å². The number of anilines is 6. The molecular weight excluding hydrogens is 1910 g/mol. The molecule has 0 bridgehead atoms. The zero-order chi connectivity index (χ0) is 100. The van der Waals surface area contributed by atoms with Gasteiger partial charge in [0.25, 0.3) is 35.4 Å². The molecule has 4 unspecified atom stereocenters. The first-order valence-corrected chi connectivity index (χ1v) is 50.9. The summed E-state index contributed by atoms with van der Waals surface area (Å²) >= 11 is 6.36. The summed E-state index contributed by atoms with van der Waals surface area (Å²) in [6, 6.07) is 25.5. The smallest absolute Gasteiger partial charge is 0.266 e. The average Bonchev–Trinajstić information content (AvgIpc) is 1.67. The predicted octanol–water partition coefficient (Wildman–Crippen LogP) is 11.2. The van der Waals surface area contributed by atoms with Gasteiger partial charge in [-0.25, -0.2) is 23.1 Å². The van der Waals surface area contributed by atoms with E-state index in [1.54, 1.807) is 83.0 Å². The SMILES string of the molecule is C#Cc1ccc(N2CC3CN(C(=O)c4sc5nnc(C)c(C)c5c4N)CC3C2)nc1.COc1ncc(CNC(=O)c2sc3nnc(C)c(C)c3c2N)cc1C.Cc1ccc(S(=O)(=O)NC2CN(C(=O)c3sc4nnc(C)c(C)c4c3N)C2)cc1.Cc1nnc2sc(C(=O)N3CC(NC(=O)C4CC4c4ccccc4)C3)c(N)c2c1C.Cc1nnc2sc(C(=O)N3CC(NC(=O)c4ccncc4)C3)c(N)c2c1C. The third-order valence-corrected chi connectivity index (χ3v) is 33.5. The van der Waals surface area contributed by atoms with Gasteiger partial charge in [-0.05, 0) is 177 Å². The van der Waals surface area contributed by atoms with Crippen LogP contribution in [-0.2, 0) is 21.4 Å². The Bertz CT molecular complexity index is 7630. The Morgan fingerprint density at radius 2 is 0.865 bits per heavy atom. The van der Waals surface area contributed by atoms with Gasteiger partial charge in [0.05, 0.1) is 87.0 Å². The molecule has 5 aliphatic heterocycles. The molecule has 6 aliphatic rings. The molecule has 0 spiro atoms. The molecule has 2 aromatic carbocycles. The average molecular weight is 2010 g/mol. The molecule has 15 aromatic rings. The van der Waals surface area contributed by atoms with Crippen LogP contribution in [0.25, 0.3) is 51.1 Å². The summed E-state index contributed by atoms with van der Waals surface area (Å²) in [5, 5.41) is 54.4. The highest BCUT2D eigenvalue weighted by Crippen LogP contribution is 2.49. The summed E-state index contributed by atoms with van der Waals surface area (Å²) in [5.74, 6) is 4.57. The van der Waals surface area contributed by atoms with Gasteiger partial charge in [0, 0.05) is 158 Å². The van der Waals surface area contributed by atoms with Gasteiger partial charge < -0.3 is 73.9 Å². The van der Waals surface area contributed by atoms with Gasteiger partial charge in [-0.15, -0.1) is 88.6 Å². The van der Waals surface area contributed by atoms with E-state index in [1.807, 2.05) is 124 Å². The van der Waals surface area contributed by atoms with Crippen molar-refractivity contribution in [2.24, 2.45) is 17.8 Å². The third-order valence-electron chi connectivity index (χ3n) is 26.5. The first kappa shape index (κ1) is 98.1. The molecule has 5 saturated heterocycles. The highest BCUT2D eigenvalue weighted by atomic mass is 32.2. The molecule has 14 N–H and O–H groups in total. The number of nitrogens with zero attached hydrogens (tertiary/aromatic N) is 18.